The lowest BCUT2D eigenvalue weighted by molar-refractivity contribution is 0.190. The average molecular weight is 103 g/mol. The van der Waals surface area contributed by atoms with Gasteiger partial charge in [-0.1, -0.05) is 0 Å². The molecular formula is C5H11O2. The number of aliphatic hydroxyl groups excluding tert-OH is 1. The second-order valence-corrected chi connectivity index (χ2v) is 1.32. The summed E-state index contributed by atoms with van der Waals surface area (Å²) in [4.78, 5) is 0. The zero-order valence-electron chi connectivity index (χ0n) is 4.55. The van der Waals surface area contributed by atoms with Crippen molar-refractivity contribution < 1.29 is 9.84 Å². The van der Waals surface area contributed by atoms with E-state index in [2.05, 4.69) is 0 Å². The normalized spacial score (nSPS) is 9.43. The molecule has 0 saturated heterocycles. The van der Waals surface area contributed by atoms with E-state index < -0.39 is 0 Å². The van der Waals surface area contributed by atoms with Crippen LogP contribution in [0.3, 0.4) is 0 Å². The molecule has 0 heterocycles. The molecule has 0 atom stereocenters. The Hall–Kier alpha value is -0.0800. The Morgan fingerprint density at radius 2 is 2.43 bits per heavy atom. The number of ether oxygens (including phenoxy) is 1. The highest BCUT2D eigenvalue weighted by atomic mass is 16.5. The Balaban J connectivity index is 2.45. The summed E-state index contributed by atoms with van der Waals surface area (Å²) in [6.07, 6.45) is 1.64. The van der Waals surface area contributed by atoms with Crippen LogP contribution in [-0.4, -0.2) is 18.8 Å². The largest absolute Gasteiger partial charge is 0.390 e. The van der Waals surface area contributed by atoms with Crippen LogP contribution in [0.25, 0.3) is 0 Å². The Morgan fingerprint density at radius 1 is 1.71 bits per heavy atom. The van der Waals surface area contributed by atoms with Crippen LogP contribution in [-0.2, 0) is 4.74 Å². The molecule has 0 spiro atoms. The fraction of sp³-hybridized carbons (Fsp3) is 0.800. The van der Waals surface area contributed by atoms with Crippen LogP contribution in [0.2, 0.25) is 0 Å². The summed E-state index contributed by atoms with van der Waals surface area (Å²) < 4.78 is 4.71. The average Bonchev–Trinajstić information content (AvgIpc) is 1.69. The van der Waals surface area contributed by atoms with Gasteiger partial charge < -0.3 is 9.84 Å². The van der Waals surface area contributed by atoms with E-state index in [1.54, 1.807) is 7.11 Å². The SMILES string of the molecule is COCCC[CH]O. The van der Waals surface area contributed by atoms with E-state index in [1.807, 2.05) is 0 Å². The van der Waals surface area contributed by atoms with Crippen LogP contribution >= 0.6 is 0 Å². The maximum absolute atomic E-state index is 8.11. The Morgan fingerprint density at radius 3 is 2.86 bits per heavy atom. The summed E-state index contributed by atoms with van der Waals surface area (Å²) >= 11 is 0. The molecule has 0 aromatic rings. The third kappa shape index (κ3) is 5.92. The first-order chi connectivity index (χ1) is 3.41. The lowest BCUT2D eigenvalue weighted by Crippen LogP contribution is -1.87. The third-order valence-electron chi connectivity index (χ3n) is 0.682. The summed E-state index contributed by atoms with van der Waals surface area (Å²) in [5.74, 6) is 0. The van der Waals surface area contributed by atoms with Crippen molar-refractivity contribution in [2.45, 2.75) is 12.8 Å². The lowest BCUT2D eigenvalue weighted by atomic mass is 10.3. The van der Waals surface area contributed by atoms with Gasteiger partial charge in [-0.05, 0) is 12.8 Å². The van der Waals surface area contributed by atoms with E-state index in [4.69, 9.17) is 9.84 Å². The number of methoxy groups -OCH3 is 1. The van der Waals surface area contributed by atoms with Crippen molar-refractivity contribution in [1.82, 2.24) is 0 Å². The number of aliphatic hydroxyl groups is 1. The van der Waals surface area contributed by atoms with Crippen LogP contribution in [0.1, 0.15) is 12.8 Å². The Labute approximate surface area is 44.1 Å². The lowest BCUT2D eigenvalue weighted by Gasteiger charge is -1.92. The van der Waals surface area contributed by atoms with Crippen LogP contribution in [0, 0.1) is 6.61 Å². The molecular weight excluding hydrogens is 92.1 g/mol. The predicted octanol–water partition coefficient (Wildman–Crippen LogP) is 0.947. The highest BCUT2D eigenvalue weighted by molar-refractivity contribution is 4.44. The molecule has 7 heavy (non-hydrogen) atoms. The Bertz CT molecular complexity index is 25.3. The topological polar surface area (TPSA) is 29.5 Å². The second kappa shape index (κ2) is 5.92. The van der Waals surface area contributed by atoms with Gasteiger partial charge in [0.2, 0.25) is 0 Å². The number of rotatable bonds is 4. The summed E-state index contributed by atoms with van der Waals surface area (Å²) in [5.41, 5.74) is 0. The van der Waals surface area contributed by atoms with Crippen LogP contribution in [0.15, 0.2) is 0 Å². The van der Waals surface area contributed by atoms with Gasteiger partial charge in [0.1, 0.15) is 0 Å². The van der Waals surface area contributed by atoms with E-state index in [0.717, 1.165) is 26.1 Å². The van der Waals surface area contributed by atoms with Gasteiger partial charge in [0.15, 0.2) is 0 Å². The van der Waals surface area contributed by atoms with Gasteiger partial charge >= 0.3 is 0 Å². The van der Waals surface area contributed by atoms with Gasteiger partial charge in [-0.15, -0.1) is 0 Å². The molecule has 0 aromatic heterocycles. The summed E-state index contributed by atoms with van der Waals surface area (Å²) in [6, 6.07) is 0. The zero-order chi connectivity index (χ0) is 5.54. The fourth-order valence-electron chi connectivity index (χ4n) is 0.319. The summed E-state index contributed by atoms with van der Waals surface area (Å²) in [5, 5.41) is 8.11. The molecule has 43 valence electrons. The molecule has 0 bridgehead atoms. The molecule has 0 rings (SSSR count). The van der Waals surface area contributed by atoms with Crippen molar-refractivity contribution in [2.24, 2.45) is 0 Å². The summed E-state index contributed by atoms with van der Waals surface area (Å²) in [6.45, 7) is 1.88. The molecule has 2 nitrogen and oxygen atoms in total. The second-order valence-electron chi connectivity index (χ2n) is 1.32. The Kier molecular flexibility index (Phi) is 5.85. The van der Waals surface area contributed by atoms with Crippen LogP contribution in [0.5, 0.6) is 0 Å². The van der Waals surface area contributed by atoms with Gasteiger partial charge in [0.05, 0.1) is 6.61 Å². The molecule has 1 N–H and O–H groups in total. The molecule has 0 fully saturated rings. The molecule has 0 aliphatic heterocycles. The predicted molar refractivity (Wildman–Crippen MR) is 27.3 cm³/mol. The highest BCUT2D eigenvalue weighted by Crippen LogP contribution is 1.88. The first-order valence-electron chi connectivity index (χ1n) is 2.36. The van der Waals surface area contributed by atoms with Gasteiger partial charge in [-0.3, -0.25) is 0 Å². The number of hydrogen-bond acceptors (Lipinski definition) is 2. The fourth-order valence-corrected chi connectivity index (χ4v) is 0.319. The molecule has 0 saturated carbocycles. The molecule has 1 radical (unpaired) electrons. The first-order valence-corrected chi connectivity index (χ1v) is 2.36. The maximum Gasteiger partial charge on any atom is 0.0800 e. The maximum atomic E-state index is 8.11. The number of unbranched alkanes of at least 4 members (excludes halogenated alkanes) is 1. The van der Waals surface area contributed by atoms with Crippen molar-refractivity contribution in [3.8, 4) is 0 Å². The minimum atomic E-state index is 0.730. The molecule has 0 aliphatic rings. The standard InChI is InChI=1S/C5H11O2/c1-7-5-3-2-4-6/h4,6H,2-3,5H2,1H3. The third-order valence-corrected chi connectivity index (χ3v) is 0.682. The smallest absolute Gasteiger partial charge is 0.0800 e. The van der Waals surface area contributed by atoms with Gasteiger partial charge in [-0.2, -0.15) is 0 Å². The molecule has 0 aliphatic carbocycles. The van der Waals surface area contributed by atoms with E-state index in [9.17, 15) is 0 Å². The number of hydrogen-bond donors (Lipinski definition) is 1. The quantitative estimate of drug-likeness (QED) is 0.537. The van der Waals surface area contributed by atoms with Crippen molar-refractivity contribution in [3.63, 3.8) is 0 Å². The van der Waals surface area contributed by atoms with Crippen molar-refractivity contribution in [3.05, 3.63) is 6.61 Å². The van der Waals surface area contributed by atoms with Crippen molar-refractivity contribution in [2.75, 3.05) is 13.7 Å². The van der Waals surface area contributed by atoms with E-state index in [1.165, 1.54) is 0 Å². The monoisotopic (exact) mass is 103 g/mol. The minimum Gasteiger partial charge on any atom is -0.390 e. The van der Waals surface area contributed by atoms with Crippen LogP contribution in [0.4, 0.5) is 0 Å². The first kappa shape index (κ1) is 6.92. The minimum absolute atomic E-state index is 0.730. The van der Waals surface area contributed by atoms with Gasteiger partial charge in [0.25, 0.3) is 0 Å². The molecule has 0 aromatic carbocycles. The summed E-state index contributed by atoms with van der Waals surface area (Å²) in [7, 11) is 1.65. The van der Waals surface area contributed by atoms with Crippen molar-refractivity contribution >= 4 is 0 Å². The molecule has 2 heteroatoms. The zero-order valence-corrected chi connectivity index (χ0v) is 4.55. The molecule has 0 unspecified atom stereocenters. The van der Waals surface area contributed by atoms with E-state index in [-0.39, 0.29) is 0 Å². The van der Waals surface area contributed by atoms with E-state index >= 15 is 0 Å². The van der Waals surface area contributed by atoms with Crippen LogP contribution < -0.4 is 0 Å². The molecule has 0 amide bonds. The van der Waals surface area contributed by atoms with Gasteiger partial charge in [0, 0.05) is 13.7 Å². The van der Waals surface area contributed by atoms with E-state index in [0.29, 0.717) is 0 Å². The van der Waals surface area contributed by atoms with Crippen molar-refractivity contribution in [1.29, 1.82) is 0 Å². The van der Waals surface area contributed by atoms with Gasteiger partial charge in [-0.25, -0.2) is 0 Å². The highest BCUT2D eigenvalue weighted by Gasteiger charge is 1.81.